The quantitative estimate of drug-likeness (QED) is 0.802. The van der Waals surface area contributed by atoms with Crippen molar-refractivity contribution in [2.45, 2.75) is 10.6 Å². The van der Waals surface area contributed by atoms with Gasteiger partial charge in [0.15, 0.2) is 0 Å². The van der Waals surface area contributed by atoms with Crippen LogP contribution in [0.3, 0.4) is 0 Å². The highest BCUT2D eigenvalue weighted by atomic mass is 32.2. The average Bonchev–Trinajstić information content (AvgIpc) is 2.73. The summed E-state index contributed by atoms with van der Waals surface area (Å²) in [5, 5.41) is 8.61. The molecule has 88 valence electrons. The van der Waals surface area contributed by atoms with E-state index in [1.807, 2.05) is 12.3 Å². The van der Waals surface area contributed by atoms with Gasteiger partial charge in [0.05, 0.1) is 0 Å². The van der Waals surface area contributed by atoms with E-state index in [0.29, 0.717) is 11.4 Å². The Hall–Kier alpha value is -0.550. The highest BCUT2D eigenvalue weighted by Crippen LogP contribution is 2.20. The molecule has 0 unspecified atom stereocenters. The van der Waals surface area contributed by atoms with Crippen LogP contribution < -0.4 is 4.72 Å². The minimum Gasteiger partial charge on any atom is -0.210 e. The lowest BCUT2D eigenvalue weighted by molar-refractivity contribution is 0.583. The van der Waals surface area contributed by atoms with Gasteiger partial charge < -0.3 is 0 Å². The minimum absolute atomic E-state index is 0.202. The van der Waals surface area contributed by atoms with Crippen molar-refractivity contribution >= 4 is 33.1 Å². The molecule has 1 heterocycles. The zero-order valence-corrected chi connectivity index (χ0v) is 11.2. The summed E-state index contributed by atoms with van der Waals surface area (Å²) >= 11 is 2.67. The first-order chi connectivity index (χ1) is 7.60. The molecule has 0 saturated heterocycles. The lowest BCUT2D eigenvalue weighted by Crippen LogP contribution is -2.24. The molecular weight excluding hydrogens is 264 g/mol. The Balaban J connectivity index is 2.61. The first kappa shape index (κ1) is 13.5. The van der Waals surface area contributed by atoms with E-state index in [4.69, 9.17) is 5.26 Å². The molecule has 16 heavy (non-hydrogen) atoms. The third-order valence-corrected chi connectivity index (χ3v) is 5.41. The predicted octanol–water partition coefficient (Wildman–Crippen LogP) is 1.65. The molecule has 1 rings (SSSR count). The van der Waals surface area contributed by atoms with Gasteiger partial charge in [0.2, 0.25) is 10.0 Å². The Bertz CT molecular complexity index is 473. The maximum atomic E-state index is 11.7. The normalized spacial score (nSPS) is 11.2. The van der Waals surface area contributed by atoms with Gasteiger partial charge in [-0.15, -0.1) is 11.3 Å². The highest BCUT2D eigenvalue weighted by molar-refractivity contribution is 7.98. The molecule has 0 radical (unpaired) electrons. The third kappa shape index (κ3) is 3.79. The molecule has 0 aliphatic carbocycles. The van der Waals surface area contributed by atoms with E-state index >= 15 is 0 Å². The number of nitrogens with one attached hydrogen (secondary N) is 1. The van der Waals surface area contributed by atoms with Crippen LogP contribution in [0.1, 0.15) is 11.3 Å². The van der Waals surface area contributed by atoms with Crippen LogP contribution in [0.5, 0.6) is 0 Å². The molecule has 0 aliphatic rings. The van der Waals surface area contributed by atoms with Crippen molar-refractivity contribution in [1.29, 1.82) is 5.26 Å². The van der Waals surface area contributed by atoms with Gasteiger partial charge >= 0.3 is 0 Å². The summed E-state index contributed by atoms with van der Waals surface area (Å²) in [7, 11) is -3.42. The van der Waals surface area contributed by atoms with Gasteiger partial charge in [-0.2, -0.15) is 17.0 Å². The van der Waals surface area contributed by atoms with Crippen LogP contribution in [-0.4, -0.2) is 27.0 Å². The molecule has 0 fully saturated rings. The van der Waals surface area contributed by atoms with Crippen LogP contribution in [0.25, 0.3) is 0 Å². The summed E-state index contributed by atoms with van der Waals surface area (Å²) in [6, 6.07) is 4.89. The summed E-state index contributed by atoms with van der Waals surface area (Å²) < 4.78 is 26.1. The molecule has 0 spiro atoms. The van der Waals surface area contributed by atoms with Crippen molar-refractivity contribution in [3.63, 3.8) is 0 Å². The number of rotatable bonds is 6. The van der Waals surface area contributed by atoms with Gasteiger partial charge in [0.25, 0.3) is 0 Å². The van der Waals surface area contributed by atoms with E-state index < -0.39 is 10.0 Å². The van der Waals surface area contributed by atoms with Crippen molar-refractivity contribution in [1.82, 2.24) is 4.72 Å². The first-order valence-electron chi connectivity index (χ1n) is 4.58. The molecular formula is C9H12N2O2S3. The topological polar surface area (TPSA) is 70.0 Å². The Morgan fingerprint density at radius 1 is 1.56 bits per heavy atom. The number of hydrogen-bond donors (Lipinski definition) is 1. The number of thioether (sulfide) groups is 1. The predicted molar refractivity (Wildman–Crippen MR) is 67.2 cm³/mol. The summed E-state index contributed by atoms with van der Waals surface area (Å²) in [5.41, 5.74) is 0. The van der Waals surface area contributed by atoms with Crippen molar-refractivity contribution in [2.24, 2.45) is 0 Å². The fourth-order valence-corrected chi connectivity index (χ4v) is 3.67. The molecule has 0 aliphatic heterocycles. The summed E-state index contributed by atoms with van der Waals surface area (Å²) in [4.78, 5) is 0.407. The maximum absolute atomic E-state index is 11.7. The van der Waals surface area contributed by atoms with Crippen molar-refractivity contribution in [2.75, 3.05) is 18.6 Å². The molecule has 4 nitrogen and oxygen atoms in total. The molecule has 0 atom stereocenters. The molecule has 1 aromatic rings. The number of hydrogen-bond acceptors (Lipinski definition) is 5. The number of thiophene rings is 1. The van der Waals surface area contributed by atoms with Crippen LogP contribution in [0, 0.1) is 11.3 Å². The maximum Gasteiger partial charge on any atom is 0.250 e. The Labute approximate surface area is 104 Å². The van der Waals surface area contributed by atoms with Crippen LogP contribution in [0.2, 0.25) is 0 Å². The molecule has 1 N–H and O–H groups in total. The standard InChI is InChI=1S/C9H12N2O2S3/c1-14-6-2-5-11-16(12,13)9-4-3-8(7-10)15-9/h3-4,11H,2,5-6H2,1H3. The zero-order chi connectivity index (χ0) is 12.0. The number of nitrogens with zero attached hydrogens (tertiary/aromatic N) is 1. The fraction of sp³-hybridized carbons (Fsp3) is 0.444. The number of nitriles is 1. The van der Waals surface area contributed by atoms with Gasteiger partial charge in [0.1, 0.15) is 15.2 Å². The van der Waals surface area contributed by atoms with E-state index in [1.165, 1.54) is 12.1 Å². The summed E-state index contributed by atoms with van der Waals surface area (Å²) in [5.74, 6) is 0.927. The zero-order valence-electron chi connectivity index (χ0n) is 8.76. The van der Waals surface area contributed by atoms with Gasteiger partial charge in [-0.25, -0.2) is 13.1 Å². The van der Waals surface area contributed by atoms with Crippen molar-refractivity contribution < 1.29 is 8.42 Å². The summed E-state index contributed by atoms with van der Waals surface area (Å²) in [6.07, 6.45) is 2.78. The van der Waals surface area contributed by atoms with Gasteiger partial charge in [-0.05, 0) is 30.6 Å². The summed E-state index contributed by atoms with van der Waals surface area (Å²) in [6.45, 7) is 0.433. The Kier molecular flexibility index (Phi) is 5.28. The van der Waals surface area contributed by atoms with Crippen LogP contribution in [-0.2, 0) is 10.0 Å². The monoisotopic (exact) mass is 276 g/mol. The fourth-order valence-electron chi connectivity index (χ4n) is 1.02. The lowest BCUT2D eigenvalue weighted by atomic mass is 10.5. The molecule has 0 amide bonds. The van der Waals surface area contributed by atoms with Crippen molar-refractivity contribution in [3.05, 3.63) is 17.0 Å². The average molecular weight is 276 g/mol. The van der Waals surface area contributed by atoms with E-state index in [1.54, 1.807) is 11.8 Å². The Morgan fingerprint density at radius 3 is 2.88 bits per heavy atom. The van der Waals surface area contributed by atoms with Crippen LogP contribution in [0.4, 0.5) is 0 Å². The van der Waals surface area contributed by atoms with Crippen LogP contribution in [0.15, 0.2) is 16.3 Å². The molecule has 0 aromatic carbocycles. The molecule has 7 heteroatoms. The van der Waals surface area contributed by atoms with Crippen LogP contribution >= 0.6 is 23.1 Å². The molecule has 0 bridgehead atoms. The second-order valence-electron chi connectivity index (χ2n) is 2.97. The Morgan fingerprint density at radius 2 is 2.31 bits per heavy atom. The lowest BCUT2D eigenvalue weighted by Gasteiger charge is -2.03. The van der Waals surface area contributed by atoms with E-state index in [-0.39, 0.29) is 4.21 Å². The third-order valence-electron chi connectivity index (χ3n) is 1.77. The largest absolute Gasteiger partial charge is 0.250 e. The van der Waals surface area contributed by atoms with Gasteiger partial charge in [-0.1, -0.05) is 0 Å². The van der Waals surface area contributed by atoms with Gasteiger partial charge in [-0.3, -0.25) is 0 Å². The van der Waals surface area contributed by atoms with E-state index in [0.717, 1.165) is 23.5 Å². The molecule has 0 saturated carbocycles. The first-order valence-corrected chi connectivity index (χ1v) is 8.28. The van der Waals surface area contributed by atoms with Gasteiger partial charge in [0, 0.05) is 6.54 Å². The second-order valence-corrected chi connectivity index (χ2v) is 7.04. The second kappa shape index (κ2) is 6.25. The van der Waals surface area contributed by atoms with E-state index in [9.17, 15) is 8.42 Å². The van der Waals surface area contributed by atoms with E-state index in [2.05, 4.69) is 4.72 Å². The van der Waals surface area contributed by atoms with Crippen molar-refractivity contribution in [3.8, 4) is 6.07 Å². The minimum atomic E-state index is -3.42. The number of sulfonamides is 1. The smallest absolute Gasteiger partial charge is 0.210 e. The highest BCUT2D eigenvalue weighted by Gasteiger charge is 2.15. The molecule has 1 aromatic heterocycles. The SMILES string of the molecule is CSCCCNS(=O)(=O)c1ccc(C#N)s1.